The van der Waals surface area contributed by atoms with E-state index in [2.05, 4.69) is 5.32 Å². The normalized spacial score (nSPS) is 26.4. The number of aliphatic carboxylic acids is 1. The molecule has 1 aromatic carbocycles. The van der Waals surface area contributed by atoms with Crippen molar-refractivity contribution in [3.8, 4) is 0 Å². The fraction of sp³-hybridized carbons (Fsp3) is 0.389. The van der Waals surface area contributed by atoms with Gasteiger partial charge in [-0.1, -0.05) is 19.1 Å². The Morgan fingerprint density at radius 2 is 1.76 bits per heavy atom. The van der Waals surface area contributed by atoms with Crippen LogP contribution in [-0.4, -0.2) is 41.8 Å². The average Bonchev–Trinajstić information content (AvgIpc) is 3.21. The number of carbonyl (C=O) groups excluding carboxylic acids is 2. The van der Waals surface area contributed by atoms with Gasteiger partial charge in [-0.25, -0.2) is 4.79 Å². The maximum atomic E-state index is 12.5. The second-order valence-corrected chi connectivity index (χ2v) is 6.04. The van der Waals surface area contributed by atoms with Gasteiger partial charge in [0.25, 0.3) is 0 Å². The highest BCUT2D eigenvalue weighted by molar-refractivity contribution is 5.97. The molecule has 1 aromatic rings. The van der Waals surface area contributed by atoms with E-state index >= 15 is 0 Å². The van der Waals surface area contributed by atoms with E-state index in [-0.39, 0.29) is 0 Å². The van der Waals surface area contributed by atoms with Crippen LogP contribution in [0.5, 0.6) is 0 Å². The summed E-state index contributed by atoms with van der Waals surface area (Å²) in [6.45, 7) is 2.26. The van der Waals surface area contributed by atoms with Crippen molar-refractivity contribution in [2.24, 2.45) is 11.8 Å². The van der Waals surface area contributed by atoms with Crippen LogP contribution in [-0.2, 0) is 19.1 Å². The highest BCUT2D eigenvalue weighted by Crippen LogP contribution is 2.39. The van der Waals surface area contributed by atoms with Gasteiger partial charge in [0.1, 0.15) is 5.92 Å². The zero-order valence-electron chi connectivity index (χ0n) is 13.7. The minimum atomic E-state index is -1.05. The van der Waals surface area contributed by atoms with E-state index in [0.29, 0.717) is 17.9 Å². The largest absolute Gasteiger partial charge is 0.481 e. The summed E-state index contributed by atoms with van der Waals surface area (Å²) >= 11 is 0. The Kier molecular flexibility index (Phi) is 4.85. The van der Waals surface area contributed by atoms with Gasteiger partial charge < -0.3 is 19.9 Å². The van der Waals surface area contributed by atoms with Crippen LogP contribution in [0.4, 0.5) is 5.69 Å². The van der Waals surface area contributed by atoms with Gasteiger partial charge in [-0.05, 0) is 30.7 Å². The molecule has 0 saturated carbocycles. The molecule has 0 aromatic heterocycles. The molecule has 132 valence electrons. The molecule has 25 heavy (non-hydrogen) atoms. The zero-order valence-corrected chi connectivity index (χ0v) is 13.7. The highest BCUT2D eigenvalue weighted by atomic mass is 16.5. The number of ether oxygens (including phenoxy) is 2. The van der Waals surface area contributed by atoms with Gasteiger partial charge >= 0.3 is 11.9 Å². The van der Waals surface area contributed by atoms with Crippen LogP contribution in [0.1, 0.15) is 23.7 Å². The number of carboxylic acids is 1. The van der Waals surface area contributed by atoms with Gasteiger partial charge in [0.2, 0.25) is 5.91 Å². The van der Waals surface area contributed by atoms with Gasteiger partial charge in [0.05, 0.1) is 30.3 Å². The lowest BCUT2D eigenvalue weighted by Crippen LogP contribution is -2.39. The van der Waals surface area contributed by atoms with Crippen molar-refractivity contribution in [3.63, 3.8) is 0 Å². The number of fused-ring (bicyclic) bond motifs is 2. The molecule has 2 aliphatic heterocycles. The van der Waals surface area contributed by atoms with E-state index < -0.39 is 41.9 Å². The summed E-state index contributed by atoms with van der Waals surface area (Å²) in [6.07, 6.45) is 3.07. The Morgan fingerprint density at radius 1 is 1.12 bits per heavy atom. The Hall–Kier alpha value is -2.67. The molecule has 2 N–H and O–H groups in total. The topological polar surface area (TPSA) is 102 Å². The number of hydrogen-bond donors (Lipinski definition) is 2. The summed E-state index contributed by atoms with van der Waals surface area (Å²) in [5.41, 5.74) is 0.869. The number of hydrogen-bond acceptors (Lipinski definition) is 5. The van der Waals surface area contributed by atoms with Crippen molar-refractivity contribution < 1.29 is 29.0 Å². The van der Waals surface area contributed by atoms with Crippen molar-refractivity contribution in [1.82, 2.24) is 0 Å². The average molecular weight is 345 g/mol. The number of anilines is 1. The first kappa shape index (κ1) is 17.2. The number of rotatable bonds is 6. The predicted molar refractivity (Wildman–Crippen MR) is 88.1 cm³/mol. The van der Waals surface area contributed by atoms with E-state index in [1.165, 1.54) is 0 Å². The fourth-order valence-electron chi connectivity index (χ4n) is 3.11. The molecule has 2 heterocycles. The quantitative estimate of drug-likeness (QED) is 0.603. The van der Waals surface area contributed by atoms with Crippen LogP contribution in [0, 0.1) is 11.8 Å². The van der Waals surface area contributed by atoms with Crippen molar-refractivity contribution in [2.45, 2.75) is 25.6 Å². The van der Waals surface area contributed by atoms with Crippen molar-refractivity contribution >= 4 is 23.5 Å². The van der Waals surface area contributed by atoms with Crippen LogP contribution in [0.3, 0.4) is 0 Å². The molecule has 0 radical (unpaired) electrons. The lowest BCUT2D eigenvalue weighted by Gasteiger charge is -2.21. The maximum Gasteiger partial charge on any atom is 0.338 e. The highest BCUT2D eigenvalue weighted by Gasteiger charge is 2.53. The van der Waals surface area contributed by atoms with Crippen LogP contribution < -0.4 is 5.32 Å². The fourth-order valence-corrected chi connectivity index (χ4v) is 3.11. The van der Waals surface area contributed by atoms with Gasteiger partial charge in [-0.2, -0.15) is 0 Å². The first-order valence-electron chi connectivity index (χ1n) is 8.16. The maximum absolute atomic E-state index is 12.5. The van der Waals surface area contributed by atoms with E-state index in [0.717, 1.165) is 6.42 Å². The smallest absolute Gasteiger partial charge is 0.338 e. The Bertz CT molecular complexity index is 711. The summed E-state index contributed by atoms with van der Waals surface area (Å²) in [5.74, 6) is -3.55. The van der Waals surface area contributed by atoms with E-state index in [9.17, 15) is 19.5 Å². The molecule has 2 aliphatic rings. The number of esters is 1. The second-order valence-electron chi connectivity index (χ2n) is 6.04. The van der Waals surface area contributed by atoms with Gasteiger partial charge in [0, 0.05) is 5.69 Å². The summed E-state index contributed by atoms with van der Waals surface area (Å²) < 4.78 is 10.5. The first-order valence-corrected chi connectivity index (χ1v) is 8.16. The molecule has 7 heteroatoms. The third kappa shape index (κ3) is 3.41. The minimum absolute atomic E-state index is 0.353. The third-order valence-electron chi connectivity index (χ3n) is 4.31. The molecule has 4 atom stereocenters. The predicted octanol–water partition coefficient (Wildman–Crippen LogP) is 1.85. The molecule has 3 rings (SSSR count). The Labute approximate surface area is 144 Å². The Balaban J connectivity index is 1.66. The van der Waals surface area contributed by atoms with Crippen LogP contribution in [0.2, 0.25) is 0 Å². The lowest BCUT2D eigenvalue weighted by molar-refractivity contribution is -0.145. The molecule has 0 unspecified atom stereocenters. The SMILES string of the molecule is CCCOC(=O)c1ccc(NC(=O)[C@@H]2[C@@H](C(=O)O)[C@@H]3C=C[C@@H]2O3)cc1. The Morgan fingerprint density at radius 3 is 2.36 bits per heavy atom. The molecular weight excluding hydrogens is 326 g/mol. The van der Waals surface area contributed by atoms with E-state index in [4.69, 9.17) is 9.47 Å². The molecule has 2 bridgehead atoms. The zero-order chi connectivity index (χ0) is 18.0. The van der Waals surface area contributed by atoms with Crippen LogP contribution in [0.15, 0.2) is 36.4 Å². The van der Waals surface area contributed by atoms with Gasteiger partial charge in [-0.3, -0.25) is 9.59 Å². The summed E-state index contributed by atoms with van der Waals surface area (Å²) in [4.78, 5) is 35.7. The first-order chi connectivity index (χ1) is 12.0. The molecule has 0 aliphatic carbocycles. The van der Waals surface area contributed by atoms with Crippen LogP contribution >= 0.6 is 0 Å². The van der Waals surface area contributed by atoms with Crippen molar-refractivity contribution in [2.75, 3.05) is 11.9 Å². The molecule has 1 amide bonds. The molecule has 0 spiro atoms. The van der Waals surface area contributed by atoms with Crippen molar-refractivity contribution in [1.29, 1.82) is 0 Å². The van der Waals surface area contributed by atoms with Crippen molar-refractivity contribution in [3.05, 3.63) is 42.0 Å². The molecule has 7 nitrogen and oxygen atoms in total. The summed E-state index contributed by atoms with van der Waals surface area (Å²) in [5, 5.41) is 12.0. The summed E-state index contributed by atoms with van der Waals surface area (Å²) in [6, 6.07) is 6.28. The van der Waals surface area contributed by atoms with Crippen LogP contribution in [0.25, 0.3) is 0 Å². The number of nitrogens with one attached hydrogen (secondary N) is 1. The van der Waals surface area contributed by atoms with E-state index in [1.807, 2.05) is 6.92 Å². The van der Waals surface area contributed by atoms with Gasteiger partial charge in [-0.15, -0.1) is 0 Å². The second kappa shape index (κ2) is 7.06. The standard InChI is InChI=1S/C18H19NO6/c1-2-9-24-18(23)10-3-5-11(6-4-10)19-16(20)14-12-7-8-13(25-12)15(14)17(21)22/h3-8,12-15H,2,9H2,1H3,(H,19,20)(H,21,22)/t12-,13-,14-,15-/m0/s1. The molecular formula is C18H19NO6. The monoisotopic (exact) mass is 345 g/mol. The third-order valence-corrected chi connectivity index (χ3v) is 4.31. The minimum Gasteiger partial charge on any atom is -0.481 e. The molecule has 1 saturated heterocycles. The number of carbonyl (C=O) groups is 3. The lowest BCUT2D eigenvalue weighted by atomic mass is 9.82. The summed E-state index contributed by atoms with van der Waals surface area (Å²) in [7, 11) is 0. The molecule has 1 fully saturated rings. The number of carboxylic acid groups (broad SMARTS) is 1. The number of benzene rings is 1. The number of amides is 1. The van der Waals surface area contributed by atoms with E-state index in [1.54, 1.807) is 36.4 Å². The van der Waals surface area contributed by atoms with Gasteiger partial charge in [0.15, 0.2) is 0 Å².